The SMILES string of the molecule is CS(C)(C1CCc2ccccc21)C1CCC2CCCCC21. The van der Waals surface area contributed by atoms with E-state index in [0.717, 1.165) is 22.3 Å². The van der Waals surface area contributed by atoms with Gasteiger partial charge in [0.05, 0.1) is 0 Å². The van der Waals surface area contributed by atoms with Crippen LogP contribution in [0.2, 0.25) is 0 Å². The smallest absolute Gasteiger partial charge is 0.0143 e. The van der Waals surface area contributed by atoms with Gasteiger partial charge in [0.1, 0.15) is 0 Å². The highest BCUT2D eigenvalue weighted by atomic mass is 32.3. The summed E-state index contributed by atoms with van der Waals surface area (Å²) in [7, 11) is -0.522. The third-order valence-electron chi connectivity index (χ3n) is 6.86. The Bertz CT molecular complexity index is 518. The van der Waals surface area contributed by atoms with Crippen molar-refractivity contribution in [1.29, 1.82) is 0 Å². The number of hydrogen-bond acceptors (Lipinski definition) is 0. The molecule has 4 unspecified atom stereocenters. The van der Waals surface area contributed by atoms with Crippen LogP contribution in [0.4, 0.5) is 0 Å². The van der Waals surface area contributed by atoms with Crippen molar-refractivity contribution in [2.75, 3.05) is 12.5 Å². The van der Waals surface area contributed by atoms with Crippen LogP contribution < -0.4 is 0 Å². The summed E-state index contributed by atoms with van der Waals surface area (Å²) in [5, 5.41) is 1.94. The van der Waals surface area contributed by atoms with Gasteiger partial charge in [0.15, 0.2) is 0 Å². The minimum absolute atomic E-state index is 0.522. The molecule has 2 saturated carbocycles. The van der Waals surface area contributed by atoms with Crippen molar-refractivity contribution in [2.24, 2.45) is 11.8 Å². The summed E-state index contributed by atoms with van der Waals surface area (Å²) in [5.74, 6) is 2.17. The minimum Gasteiger partial charge on any atom is -0.237 e. The topological polar surface area (TPSA) is 0 Å². The summed E-state index contributed by atoms with van der Waals surface area (Å²) in [6.45, 7) is 0. The Kier molecular flexibility index (Phi) is 3.60. The molecule has 0 radical (unpaired) electrons. The van der Waals surface area contributed by atoms with Gasteiger partial charge < -0.3 is 0 Å². The van der Waals surface area contributed by atoms with Crippen molar-refractivity contribution in [3.63, 3.8) is 0 Å². The van der Waals surface area contributed by atoms with Crippen LogP contribution in [0.25, 0.3) is 0 Å². The fraction of sp³-hybridized carbons (Fsp3) is 0.700. The highest BCUT2D eigenvalue weighted by Crippen LogP contribution is 2.68. The Morgan fingerprint density at radius 1 is 0.905 bits per heavy atom. The van der Waals surface area contributed by atoms with Crippen molar-refractivity contribution in [3.8, 4) is 0 Å². The summed E-state index contributed by atoms with van der Waals surface area (Å²) < 4.78 is 0. The molecule has 1 aromatic carbocycles. The zero-order valence-corrected chi connectivity index (χ0v) is 14.5. The van der Waals surface area contributed by atoms with Crippen molar-refractivity contribution in [2.45, 2.75) is 61.9 Å². The highest BCUT2D eigenvalue weighted by Gasteiger charge is 2.46. The molecule has 0 nitrogen and oxygen atoms in total. The molecule has 0 bridgehead atoms. The zero-order valence-electron chi connectivity index (χ0n) is 13.7. The number of benzene rings is 1. The maximum absolute atomic E-state index is 2.68. The van der Waals surface area contributed by atoms with Crippen molar-refractivity contribution in [1.82, 2.24) is 0 Å². The Labute approximate surface area is 132 Å². The van der Waals surface area contributed by atoms with Gasteiger partial charge >= 0.3 is 0 Å². The minimum atomic E-state index is -0.522. The van der Waals surface area contributed by atoms with Gasteiger partial charge in [0.25, 0.3) is 0 Å². The molecule has 1 aromatic rings. The molecular weight excluding hydrogens is 272 g/mol. The van der Waals surface area contributed by atoms with Crippen LogP contribution in [0.1, 0.15) is 61.3 Å². The maximum Gasteiger partial charge on any atom is 0.0143 e. The maximum atomic E-state index is 2.68. The van der Waals surface area contributed by atoms with E-state index in [1.54, 1.807) is 24.0 Å². The van der Waals surface area contributed by atoms with Crippen LogP contribution in [0.5, 0.6) is 0 Å². The molecule has 0 spiro atoms. The largest absolute Gasteiger partial charge is 0.237 e. The van der Waals surface area contributed by atoms with E-state index in [1.807, 2.05) is 0 Å². The fourth-order valence-corrected chi connectivity index (χ4v) is 9.83. The monoisotopic (exact) mass is 302 g/mol. The Balaban J connectivity index is 1.62. The number of rotatable bonds is 2. The first-order valence-electron chi connectivity index (χ1n) is 8.97. The standard InChI is InChI=1S/C20H30S/c1-21(2,19-13-11-15-7-3-5-9-17(15)19)20-14-12-16-8-4-6-10-18(16)20/h3,5,7,9,16,18-20H,4,6,8,10-14H2,1-2H3. The third kappa shape index (κ3) is 2.27. The normalized spacial score (nSPS) is 36.3. The van der Waals surface area contributed by atoms with E-state index in [9.17, 15) is 0 Å². The molecule has 3 aliphatic carbocycles. The fourth-order valence-electron chi connectivity index (χ4n) is 5.79. The highest BCUT2D eigenvalue weighted by molar-refractivity contribution is 8.33. The van der Waals surface area contributed by atoms with Gasteiger partial charge in [-0.05, 0) is 72.8 Å². The lowest BCUT2D eigenvalue weighted by molar-refractivity contribution is 0.280. The van der Waals surface area contributed by atoms with Gasteiger partial charge in [-0.2, -0.15) is 0 Å². The molecule has 0 N–H and O–H groups in total. The second kappa shape index (κ2) is 5.33. The molecular formula is C20H30S. The van der Waals surface area contributed by atoms with E-state index < -0.39 is 10.0 Å². The summed E-state index contributed by atoms with van der Waals surface area (Å²) in [4.78, 5) is 0. The number of fused-ring (bicyclic) bond motifs is 2. The van der Waals surface area contributed by atoms with Gasteiger partial charge in [-0.15, -0.1) is 0 Å². The summed E-state index contributed by atoms with van der Waals surface area (Å²) >= 11 is 0. The van der Waals surface area contributed by atoms with Crippen LogP contribution in [0.15, 0.2) is 24.3 Å². The van der Waals surface area contributed by atoms with E-state index >= 15 is 0 Å². The van der Waals surface area contributed by atoms with Crippen LogP contribution in [0, 0.1) is 11.8 Å². The predicted octanol–water partition coefficient (Wildman–Crippen LogP) is 5.71. The van der Waals surface area contributed by atoms with Crippen molar-refractivity contribution < 1.29 is 0 Å². The second-order valence-corrected chi connectivity index (χ2v) is 12.2. The summed E-state index contributed by atoms with van der Waals surface area (Å²) in [6.07, 6.45) is 17.3. The lowest BCUT2D eigenvalue weighted by Gasteiger charge is -2.48. The van der Waals surface area contributed by atoms with Crippen LogP contribution in [-0.2, 0) is 6.42 Å². The average molecular weight is 303 g/mol. The summed E-state index contributed by atoms with van der Waals surface area (Å²) in [5.41, 5.74) is 3.37. The van der Waals surface area contributed by atoms with Gasteiger partial charge in [-0.3, -0.25) is 0 Å². The molecule has 4 rings (SSSR count). The van der Waals surface area contributed by atoms with Crippen LogP contribution in [0.3, 0.4) is 0 Å². The van der Waals surface area contributed by atoms with E-state index in [1.165, 1.54) is 38.5 Å². The number of hydrogen-bond donors (Lipinski definition) is 0. The van der Waals surface area contributed by atoms with Crippen LogP contribution >= 0.6 is 10.0 Å². The summed E-state index contributed by atoms with van der Waals surface area (Å²) in [6, 6.07) is 9.32. The molecule has 116 valence electrons. The number of aryl methyl sites for hydroxylation is 1. The molecule has 0 heterocycles. The van der Waals surface area contributed by atoms with Crippen molar-refractivity contribution >= 4 is 10.0 Å². The van der Waals surface area contributed by atoms with Gasteiger partial charge in [-0.1, -0.05) is 43.5 Å². The van der Waals surface area contributed by atoms with Gasteiger partial charge in [0, 0.05) is 5.25 Å². The van der Waals surface area contributed by atoms with E-state index in [-0.39, 0.29) is 0 Å². The molecule has 21 heavy (non-hydrogen) atoms. The van der Waals surface area contributed by atoms with Gasteiger partial charge in [0.2, 0.25) is 0 Å². The van der Waals surface area contributed by atoms with E-state index in [4.69, 9.17) is 0 Å². The first-order chi connectivity index (χ1) is 10.2. The van der Waals surface area contributed by atoms with E-state index in [2.05, 4.69) is 36.8 Å². The molecule has 3 aliphatic rings. The lowest BCUT2D eigenvalue weighted by Crippen LogP contribution is -2.29. The lowest BCUT2D eigenvalue weighted by atomic mass is 9.82. The second-order valence-electron chi connectivity index (χ2n) is 8.04. The van der Waals surface area contributed by atoms with Gasteiger partial charge in [-0.25, -0.2) is 10.0 Å². The third-order valence-corrected chi connectivity index (χ3v) is 11.0. The van der Waals surface area contributed by atoms with E-state index in [0.29, 0.717) is 0 Å². The predicted molar refractivity (Wildman–Crippen MR) is 95.4 cm³/mol. The Morgan fingerprint density at radius 3 is 2.62 bits per heavy atom. The molecule has 0 aromatic heterocycles. The zero-order chi connectivity index (χ0) is 14.4. The molecule has 1 heteroatoms. The van der Waals surface area contributed by atoms with Crippen LogP contribution in [-0.4, -0.2) is 17.8 Å². The molecule has 0 amide bonds. The molecule has 2 fully saturated rings. The molecule has 4 atom stereocenters. The first-order valence-corrected chi connectivity index (χ1v) is 11.5. The Morgan fingerprint density at radius 2 is 1.71 bits per heavy atom. The van der Waals surface area contributed by atoms with Crippen molar-refractivity contribution in [3.05, 3.63) is 35.4 Å². The molecule has 0 aliphatic heterocycles. The Hall–Kier alpha value is -0.430. The quantitative estimate of drug-likeness (QED) is 0.656. The molecule has 0 saturated heterocycles. The first kappa shape index (κ1) is 14.2. The average Bonchev–Trinajstić information content (AvgIpc) is 3.12.